The van der Waals surface area contributed by atoms with Gasteiger partial charge < -0.3 is 14.8 Å². The Bertz CT molecular complexity index is 513. The highest BCUT2D eigenvalue weighted by molar-refractivity contribution is 7.07. The molecule has 0 bridgehead atoms. The first-order valence-electron chi connectivity index (χ1n) is 6.29. The molecule has 0 saturated heterocycles. The van der Waals surface area contributed by atoms with Crippen LogP contribution in [-0.4, -0.2) is 26.2 Å². The number of thiophene rings is 1. The van der Waals surface area contributed by atoms with Crippen LogP contribution in [0.25, 0.3) is 0 Å². The van der Waals surface area contributed by atoms with Gasteiger partial charge in [-0.2, -0.15) is 11.3 Å². The zero-order chi connectivity index (χ0) is 14.2. The van der Waals surface area contributed by atoms with Gasteiger partial charge in [-0.15, -0.1) is 0 Å². The van der Waals surface area contributed by atoms with E-state index in [-0.39, 0.29) is 18.6 Å². The average Bonchev–Trinajstić information content (AvgIpc) is 3.01. The largest absolute Gasteiger partial charge is 0.484 e. The molecule has 0 spiro atoms. The Balaban J connectivity index is 1.74. The zero-order valence-corrected chi connectivity index (χ0v) is 12.1. The van der Waals surface area contributed by atoms with Crippen molar-refractivity contribution in [3.05, 3.63) is 52.7 Å². The zero-order valence-electron chi connectivity index (χ0n) is 11.2. The van der Waals surface area contributed by atoms with Crippen molar-refractivity contribution < 1.29 is 14.3 Å². The fourth-order valence-corrected chi connectivity index (χ4v) is 2.42. The number of hydrogen-bond acceptors (Lipinski definition) is 4. The lowest BCUT2D eigenvalue weighted by Crippen LogP contribution is -2.32. The number of rotatable bonds is 7. The smallest absolute Gasteiger partial charge is 0.258 e. The summed E-state index contributed by atoms with van der Waals surface area (Å²) in [5.74, 6) is 0.523. The second-order valence-electron chi connectivity index (χ2n) is 4.19. The Labute approximate surface area is 122 Å². The van der Waals surface area contributed by atoms with Crippen molar-refractivity contribution >= 4 is 17.2 Å². The van der Waals surface area contributed by atoms with Crippen LogP contribution in [0.1, 0.15) is 11.7 Å². The van der Waals surface area contributed by atoms with E-state index in [9.17, 15) is 4.79 Å². The first-order chi connectivity index (χ1) is 9.79. The number of ether oxygens (including phenoxy) is 2. The molecule has 20 heavy (non-hydrogen) atoms. The molecule has 0 aliphatic carbocycles. The number of methoxy groups -OCH3 is 1. The van der Waals surface area contributed by atoms with Gasteiger partial charge in [0.25, 0.3) is 5.91 Å². The van der Waals surface area contributed by atoms with Crippen molar-refractivity contribution in [3.63, 3.8) is 0 Å². The van der Waals surface area contributed by atoms with E-state index in [2.05, 4.69) is 5.32 Å². The van der Waals surface area contributed by atoms with Crippen molar-refractivity contribution in [1.82, 2.24) is 5.32 Å². The monoisotopic (exact) mass is 291 g/mol. The molecule has 0 saturated carbocycles. The molecule has 0 fully saturated rings. The van der Waals surface area contributed by atoms with Crippen LogP contribution in [0.15, 0.2) is 47.2 Å². The van der Waals surface area contributed by atoms with Crippen LogP contribution < -0.4 is 10.1 Å². The summed E-state index contributed by atoms with van der Waals surface area (Å²) in [4.78, 5) is 11.7. The molecule has 0 radical (unpaired) electrons. The molecule has 2 rings (SSSR count). The second-order valence-corrected chi connectivity index (χ2v) is 4.97. The van der Waals surface area contributed by atoms with Gasteiger partial charge in [0.15, 0.2) is 6.61 Å². The molecule has 1 amide bonds. The highest BCUT2D eigenvalue weighted by Gasteiger charge is 2.12. The number of amides is 1. The summed E-state index contributed by atoms with van der Waals surface area (Å²) in [7, 11) is 1.63. The standard InChI is InChI=1S/C15H17NO3S/c1-18-14(12-7-8-20-11-12)9-16-15(17)10-19-13-5-3-2-4-6-13/h2-8,11,14H,9-10H2,1H3,(H,16,17). The van der Waals surface area contributed by atoms with Gasteiger partial charge in [0, 0.05) is 13.7 Å². The van der Waals surface area contributed by atoms with Crippen LogP contribution >= 0.6 is 11.3 Å². The summed E-state index contributed by atoms with van der Waals surface area (Å²) in [5, 5.41) is 6.81. The Hall–Kier alpha value is -1.85. The summed E-state index contributed by atoms with van der Waals surface area (Å²) in [6.45, 7) is 0.439. The van der Waals surface area contributed by atoms with Crippen molar-refractivity contribution in [3.8, 4) is 5.75 Å². The number of carbonyl (C=O) groups is 1. The molecular formula is C15H17NO3S. The van der Waals surface area contributed by atoms with Gasteiger partial charge in [-0.05, 0) is 34.5 Å². The maximum atomic E-state index is 11.7. The fraction of sp³-hybridized carbons (Fsp3) is 0.267. The highest BCUT2D eigenvalue weighted by Crippen LogP contribution is 2.18. The minimum absolute atomic E-state index is 0.00405. The number of para-hydroxylation sites is 1. The molecule has 1 aromatic carbocycles. The first-order valence-corrected chi connectivity index (χ1v) is 7.23. The number of carbonyl (C=O) groups excluding carboxylic acids is 1. The van der Waals surface area contributed by atoms with E-state index in [1.807, 2.05) is 47.2 Å². The molecule has 1 atom stereocenters. The SMILES string of the molecule is COC(CNC(=O)COc1ccccc1)c1ccsc1. The van der Waals surface area contributed by atoms with Gasteiger partial charge in [-0.25, -0.2) is 0 Å². The van der Waals surface area contributed by atoms with E-state index in [0.717, 1.165) is 5.56 Å². The topological polar surface area (TPSA) is 47.6 Å². The third-order valence-electron chi connectivity index (χ3n) is 2.80. The average molecular weight is 291 g/mol. The van der Waals surface area contributed by atoms with Crippen LogP contribution in [0.3, 0.4) is 0 Å². The molecule has 1 unspecified atom stereocenters. The minimum Gasteiger partial charge on any atom is -0.484 e. The predicted octanol–water partition coefficient (Wildman–Crippen LogP) is 2.63. The molecule has 1 aromatic heterocycles. The van der Waals surface area contributed by atoms with Crippen molar-refractivity contribution in [2.75, 3.05) is 20.3 Å². The van der Waals surface area contributed by atoms with E-state index >= 15 is 0 Å². The number of benzene rings is 1. The summed E-state index contributed by atoms with van der Waals surface area (Å²) >= 11 is 1.61. The Kier molecular flexibility index (Phi) is 5.58. The molecule has 0 aliphatic heterocycles. The van der Waals surface area contributed by atoms with E-state index in [4.69, 9.17) is 9.47 Å². The van der Waals surface area contributed by atoms with Crippen LogP contribution in [0.2, 0.25) is 0 Å². The van der Waals surface area contributed by atoms with Crippen LogP contribution in [0.4, 0.5) is 0 Å². The molecule has 2 aromatic rings. The van der Waals surface area contributed by atoms with Crippen molar-refractivity contribution in [1.29, 1.82) is 0 Å². The lowest BCUT2D eigenvalue weighted by molar-refractivity contribution is -0.123. The quantitative estimate of drug-likeness (QED) is 0.853. The van der Waals surface area contributed by atoms with Crippen molar-refractivity contribution in [2.45, 2.75) is 6.10 Å². The third kappa shape index (κ3) is 4.36. The maximum Gasteiger partial charge on any atom is 0.258 e. The maximum absolute atomic E-state index is 11.7. The van der Waals surface area contributed by atoms with Crippen LogP contribution in [0.5, 0.6) is 5.75 Å². The predicted molar refractivity (Wildman–Crippen MR) is 79.0 cm³/mol. The Morgan fingerprint density at radius 2 is 2.10 bits per heavy atom. The minimum atomic E-state index is -0.161. The van der Waals surface area contributed by atoms with Gasteiger partial charge in [-0.3, -0.25) is 4.79 Å². The fourth-order valence-electron chi connectivity index (χ4n) is 1.72. The molecule has 5 heteroatoms. The van der Waals surface area contributed by atoms with Crippen LogP contribution in [0, 0.1) is 0 Å². The van der Waals surface area contributed by atoms with E-state index in [1.165, 1.54) is 0 Å². The highest BCUT2D eigenvalue weighted by atomic mass is 32.1. The molecule has 106 valence electrons. The molecular weight excluding hydrogens is 274 g/mol. The molecule has 1 heterocycles. The summed E-state index contributed by atoms with van der Waals surface area (Å²) in [6, 6.07) is 11.3. The van der Waals surface area contributed by atoms with Gasteiger partial charge in [0.05, 0.1) is 0 Å². The first kappa shape index (κ1) is 14.6. The number of hydrogen-bond donors (Lipinski definition) is 1. The van der Waals surface area contributed by atoms with E-state index in [0.29, 0.717) is 12.3 Å². The molecule has 4 nitrogen and oxygen atoms in total. The van der Waals surface area contributed by atoms with Crippen molar-refractivity contribution in [2.24, 2.45) is 0 Å². The summed E-state index contributed by atoms with van der Waals surface area (Å²) < 4.78 is 10.7. The molecule has 0 aliphatic rings. The van der Waals surface area contributed by atoms with E-state index < -0.39 is 0 Å². The lowest BCUT2D eigenvalue weighted by atomic mass is 10.2. The Morgan fingerprint density at radius 3 is 2.75 bits per heavy atom. The number of nitrogens with one attached hydrogen (secondary N) is 1. The van der Waals surface area contributed by atoms with Gasteiger partial charge in [0.2, 0.25) is 0 Å². The third-order valence-corrected chi connectivity index (χ3v) is 3.50. The van der Waals surface area contributed by atoms with Crippen LogP contribution in [-0.2, 0) is 9.53 Å². The lowest BCUT2D eigenvalue weighted by Gasteiger charge is -2.15. The van der Waals surface area contributed by atoms with E-state index in [1.54, 1.807) is 18.4 Å². The van der Waals surface area contributed by atoms with Gasteiger partial charge >= 0.3 is 0 Å². The summed E-state index contributed by atoms with van der Waals surface area (Å²) in [6.07, 6.45) is -0.123. The summed E-state index contributed by atoms with van der Waals surface area (Å²) in [5.41, 5.74) is 1.07. The van der Waals surface area contributed by atoms with Gasteiger partial charge in [-0.1, -0.05) is 18.2 Å². The second kappa shape index (κ2) is 7.67. The van der Waals surface area contributed by atoms with Gasteiger partial charge in [0.1, 0.15) is 11.9 Å². The Morgan fingerprint density at radius 1 is 1.30 bits per heavy atom. The normalized spacial score (nSPS) is 11.8. The molecule has 1 N–H and O–H groups in total.